The van der Waals surface area contributed by atoms with Crippen molar-refractivity contribution in [1.29, 1.82) is 0 Å². The standard InChI is InChI=1S/C11H15NO4S/c1-6(2)4-16-11(15)12-8-7(3)5-17-9(8)10(13)14/h5-6H,4H2,1-3H3,(H,12,15)(H,13,14). The normalized spacial score (nSPS) is 10.4. The first kappa shape index (κ1) is 13.5. The zero-order valence-corrected chi connectivity index (χ0v) is 10.8. The largest absolute Gasteiger partial charge is 0.477 e. The molecule has 1 aromatic rings. The summed E-state index contributed by atoms with van der Waals surface area (Å²) in [5, 5.41) is 13.1. The second kappa shape index (κ2) is 5.67. The van der Waals surface area contributed by atoms with Crippen molar-refractivity contribution >= 4 is 29.1 Å². The van der Waals surface area contributed by atoms with Crippen molar-refractivity contribution in [1.82, 2.24) is 0 Å². The van der Waals surface area contributed by atoms with E-state index in [1.165, 1.54) is 0 Å². The first-order valence-electron chi connectivity index (χ1n) is 5.17. The highest BCUT2D eigenvalue weighted by atomic mass is 32.1. The van der Waals surface area contributed by atoms with E-state index in [-0.39, 0.29) is 10.8 Å². The number of rotatable bonds is 4. The molecule has 0 aliphatic rings. The summed E-state index contributed by atoms with van der Waals surface area (Å²) in [6.45, 7) is 5.88. The highest BCUT2D eigenvalue weighted by Crippen LogP contribution is 2.27. The smallest absolute Gasteiger partial charge is 0.411 e. The van der Waals surface area contributed by atoms with Gasteiger partial charge in [-0.05, 0) is 23.8 Å². The Morgan fingerprint density at radius 1 is 1.53 bits per heavy atom. The van der Waals surface area contributed by atoms with Crippen molar-refractivity contribution in [2.75, 3.05) is 11.9 Å². The van der Waals surface area contributed by atoms with Crippen molar-refractivity contribution in [2.45, 2.75) is 20.8 Å². The lowest BCUT2D eigenvalue weighted by Gasteiger charge is -2.09. The van der Waals surface area contributed by atoms with Gasteiger partial charge in [-0.25, -0.2) is 9.59 Å². The molecular formula is C11H15NO4S. The Kier molecular flexibility index (Phi) is 4.51. The number of ether oxygens (including phenoxy) is 1. The number of thiophene rings is 1. The maximum absolute atomic E-state index is 11.4. The van der Waals surface area contributed by atoms with Gasteiger partial charge in [0.25, 0.3) is 0 Å². The molecule has 5 nitrogen and oxygen atoms in total. The summed E-state index contributed by atoms with van der Waals surface area (Å²) in [5.41, 5.74) is 1.03. The predicted molar refractivity (Wildman–Crippen MR) is 65.8 cm³/mol. The molecule has 0 spiro atoms. The number of aryl methyl sites for hydroxylation is 1. The molecule has 0 bridgehead atoms. The molecule has 0 atom stereocenters. The number of anilines is 1. The van der Waals surface area contributed by atoms with Crippen LogP contribution in [0.5, 0.6) is 0 Å². The third-order valence-electron chi connectivity index (χ3n) is 1.94. The minimum Gasteiger partial charge on any atom is -0.477 e. The molecule has 0 saturated heterocycles. The molecule has 1 rings (SSSR count). The van der Waals surface area contributed by atoms with Gasteiger partial charge in [-0.1, -0.05) is 13.8 Å². The van der Waals surface area contributed by atoms with Crippen LogP contribution in [-0.4, -0.2) is 23.8 Å². The van der Waals surface area contributed by atoms with Crippen LogP contribution in [0.25, 0.3) is 0 Å². The van der Waals surface area contributed by atoms with E-state index in [2.05, 4.69) is 5.32 Å². The van der Waals surface area contributed by atoms with Crippen LogP contribution in [0.3, 0.4) is 0 Å². The predicted octanol–water partition coefficient (Wildman–Crippen LogP) is 2.96. The van der Waals surface area contributed by atoms with Crippen molar-refractivity contribution in [2.24, 2.45) is 5.92 Å². The van der Waals surface area contributed by atoms with E-state index in [1.807, 2.05) is 13.8 Å². The van der Waals surface area contributed by atoms with Gasteiger partial charge in [0.1, 0.15) is 4.88 Å². The minimum atomic E-state index is -1.05. The van der Waals surface area contributed by atoms with Gasteiger partial charge in [0.05, 0.1) is 12.3 Å². The van der Waals surface area contributed by atoms with E-state index in [0.717, 1.165) is 11.3 Å². The summed E-state index contributed by atoms with van der Waals surface area (Å²) in [4.78, 5) is 22.4. The third-order valence-corrected chi connectivity index (χ3v) is 3.03. The molecule has 1 aromatic heterocycles. The third kappa shape index (κ3) is 3.74. The topological polar surface area (TPSA) is 75.6 Å². The quantitative estimate of drug-likeness (QED) is 0.869. The van der Waals surface area contributed by atoms with Gasteiger partial charge >= 0.3 is 12.1 Å². The van der Waals surface area contributed by atoms with Crippen LogP contribution in [0.4, 0.5) is 10.5 Å². The molecule has 0 unspecified atom stereocenters. The minimum absolute atomic E-state index is 0.115. The Morgan fingerprint density at radius 2 is 2.18 bits per heavy atom. The van der Waals surface area contributed by atoms with E-state index < -0.39 is 12.1 Å². The van der Waals surface area contributed by atoms with Crippen LogP contribution in [0, 0.1) is 12.8 Å². The van der Waals surface area contributed by atoms with Crippen LogP contribution in [0.1, 0.15) is 29.1 Å². The fourth-order valence-corrected chi connectivity index (χ4v) is 1.98. The van der Waals surface area contributed by atoms with E-state index in [0.29, 0.717) is 17.9 Å². The zero-order chi connectivity index (χ0) is 13.0. The number of carboxylic acids is 1. The lowest BCUT2D eigenvalue weighted by atomic mass is 10.2. The summed E-state index contributed by atoms with van der Waals surface area (Å²) in [6, 6.07) is 0. The van der Waals surface area contributed by atoms with Crippen LogP contribution in [-0.2, 0) is 4.74 Å². The molecule has 0 aromatic carbocycles. The number of carboxylic acid groups (broad SMARTS) is 1. The summed E-state index contributed by atoms with van der Waals surface area (Å²) in [6.07, 6.45) is -0.622. The first-order chi connectivity index (χ1) is 7.91. The molecule has 0 radical (unpaired) electrons. The lowest BCUT2D eigenvalue weighted by molar-refractivity contribution is 0.0703. The Hall–Kier alpha value is -1.56. The Balaban J connectivity index is 2.71. The van der Waals surface area contributed by atoms with E-state index >= 15 is 0 Å². The van der Waals surface area contributed by atoms with Gasteiger partial charge in [-0.15, -0.1) is 11.3 Å². The molecule has 0 aliphatic carbocycles. The molecular weight excluding hydrogens is 242 g/mol. The monoisotopic (exact) mass is 257 g/mol. The second-order valence-electron chi connectivity index (χ2n) is 4.05. The molecule has 0 fully saturated rings. The Labute approximate surface area is 103 Å². The van der Waals surface area contributed by atoms with E-state index in [4.69, 9.17) is 9.84 Å². The summed E-state index contributed by atoms with van der Waals surface area (Å²) in [5.74, 6) is -0.814. The average Bonchev–Trinajstić information content (AvgIpc) is 2.58. The molecule has 1 heterocycles. The number of carbonyl (C=O) groups is 2. The van der Waals surface area contributed by atoms with Gasteiger partial charge in [0.2, 0.25) is 0 Å². The van der Waals surface area contributed by atoms with Gasteiger partial charge in [0, 0.05) is 0 Å². The molecule has 94 valence electrons. The first-order valence-corrected chi connectivity index (χ1v) is 6.05. The Bertz CT molecular complexity index is 425. The number of carbonyl (C=O) groups excluding carboxylic acids is 1. The van der Waals surface area contributed by atoms with Gasteiger partial charge < -0.3 is 9.84 Å². The van der Waals surface area contributed by atoms with Crippen LogP contribution in [0.15, 0.2) is 5.38 Å². The van der Waals surface area contributed by atoms with E-state index in [9.17, 15) is 9.59 Å². The van der Waals surface area contributed by atoms with E-state index in [1.54, 1.807) is 12.3 Å². The van der Waals surface area contributed by atoms with Crippen LogP contribution < -0.4 is 5.32 Å². The maximum Gasteiger partial charge on any atom is 0.411 e. The Morgan fingerprint density at radius 3 is 2.71 bits per heavy atom. The summed E-state index contributed by atoms with van der Waals surface area (Å²) in [7, 11) is 0. The van der Waals surface area contributed by atoms with Crippen molar-refractivity contribution < 1.29 is 19.4 Å². The SMILES string of the molecule is Cc1csc(C(=O)O)c1NC(=O)OCC(C)C. The van der Waals surface area contributed by atoms with Crippen LogP contribution >= 0.6 is 11.3 Å². The number of aromatic carboxylic acids is 1. The molecule has 17 heavy (non-hydrogen) atoms. The number of hydrogen-bond acceptors (Lipinski definition) is 4. The summed E-state index contributed by atoms with van der Waals surface area (Å²) >= 11 is 1.08. The maximum atomic E-state index is 11.4. The van der Waals surface area contributed by atoms with Crippen molar-refractivity contribution in [3.05, 3.63) is 15.8 Å². The van der Waals surface area contributed by atoms with Crippen molar-refractivity contribution in [3.8, 4) is 0 Å². The number of nitrogens with one attached hydrogen (secondary N) is 1. The molecule has 1 amide bonds. The summed E-state index contributed by atoms with van der Waals surface area (Å²) < 4.78 is 4.93. The van der Waals surface area contributed by atoms with Gasteiger partial charge in [-0.3, -0.25) is 5.32 Å². The highest BCUT2D eigenvalue weighted by molar-refractivity contribution is 7.12. The zero-order valence-electron chi connectivity index (χ0n) is 9.94. The molecule has 0 aliphatic heterocycles. The fourth-order valence-electron chi connectivity index (χ4n) is 1.14. The molecule has 0 saturated carbocycles. The average molecular weight is 257 g/mol. The fraction of sp³-hybridized carbons (Fsp3) is 0.455. The molecule has 6 heteroatoms. The van der Waals surface area contributed by atoms with Gasteiger partial charge in [0.15, 0.2) is 0 Å². The highest BCUT2D eigenvalue weighted by Gasteiger charge is 2.17. The second-order valence-corrected chi connectivity index (χ2v) is 4.92. The number of amides is 1. The van der Waals surface area contributed by atoms with Crippen molar-refractivity contribution in [3.63, 3.8) is 0 Å². The number of hydrogen-bond donors (Lipinski definition) is 2. The molecule has 2 N–H and O–H groups in total. The lowest BCUT2D eigenvalue weighted by Crippen LogP contribution is -2.18. The van der Waals surface area contributed by atoms with Gasteiger partial charge in [-0.2, -0.15) is 0 Å². The van der Waals surface area contributed by atoms with Crippen LogP contribution in [0.2, 0.25) is 0 Å².